The van der Waals surface area contributed by atoms with Gasteiger partial charge in [-0.05, 0) is 6.07 Å². The first-order valence-corrected chi connectivity index (χ1v) is 2.90. The summed E-state index contributed by atoms with van der Waals surface area (Å²) in [5.41, 5.74) is -0.135. The lowest BCUT2D eigenvalue weighted by Crippen LogP contribution is -2.00. The Balaban J connectivity index is 3.01. The molecule has 1 rings (SSSR count). The van der Waals surface area contributed by atoms with E-state index in [4.69, 9.17) is 9.84 Å². The van der Waals surface area contributed by atoms with Crippen molar-refractivity contribution in [2.24, 2.45) is 0 Å². The maximum atomic E-state index is 10.3. The molecule has 1 N–H and O–H groups in total. The first-order chi connectivity index (χ1) is 5.24. The van der Waals surface area contributed by atoms with E-state index < -0.39 is 5.97 Å². The maximum absolute atomic E-state index is 10.3. The summed E-state index contributed by atoms with van der Waals surface area (Å²) in [6.45, 7) is 0. The number of carboxylic acids is 1. The molecule has 1 aromatic rings. The summed E-state index contributed by atoms with van der Waals surface area (Å²) < 4.78 is 4.71. The number of methoxy groups -OCH3 is 1. The van der Waals surface area contributed by atoms with Gasteiger partial charge in [0.2, 0.25) is 5.88 Å². The van der Waals surface area contributed by atoms with Gasteiger partial charge in [0.05, 0.1) is 7.11 Å². The maximum Gasteiger partial charge on any atom is 0.355 e. The molecule has 0 unspecified atom stereocenters. The smallest absolute Gasteiger partial charge is 0.355 e. The van der Waals surface area contributed by atoms with E-state index in [9.17, 15) is 4.79 Å². The van der Waals surface area contributed by atoms with Crippen LogP contribution in [0, 0.1) is 6.07 Å². The van der Waals surface area contributed by atoms with Crippen molar-refractivity contribution in [2.75, 3.05) is 7.11 Å². The van der Waals surface area contributed by atoms with E-state index in [1.165, 1.54) is 19.2 Å². The molecule has 0 aromatic carbocycles. The molecule has 1 aromatic heterocycles. The molecular formula is C7H6NO3. The lowest BCUT2D eigenvalue weighted by molar-refractivity contribution is 0.0689. The molecule has 0 spiro atoms. The third-order valence-corrected chi connectivity index (χ3v) is 1.08. The summed E-state index contributed by atoms with van der Waals surface area (Å²) in [5, 5.41) is 8.46. The van der Waals surface area contributed by atoms with Crippen LogP contribution < -0.4 is 4.74 Å². The summed E-state index contributed by atoms with van der Waals surface area (Å²) >= 11 is 0. The quantitative estimate of drug-likeness (QED) is 0.673. The van der Waals surface area contributed by atoms with E-state index in [1.807, 2.05) is 0 Å². The zero-order valence-corrected chi connectivity index (χ0v) is 5.87. The van der Waals surface area contributed by atoms with Crippen molar-refractivity contribution in [3.05, 3.63) is 23.9 Å². The number of ether oxygens (including phenoxy) is 1. The minimum atomic E-state index is -1.11. The molecule has 4 nitrogen and oxygen atoms in total. The number of carbonyl (C=O) groups is 1. The summed E-state index contributed by atoms with van der Waals surface area (Å²) in [6.07, 6.45) is 0. The van der Waals surface area contributed by atoms with E-state index in [-0.39, 0.29) is 11.6 Å². The van der Waals surface area contributed by atoms with Crippen LogP contribution in [0.3, 0.4) is 0 Å². The van der Waals surface area contributed by atoms with E-state index in [0.29, 0.717) is 0 Å². The van der Waals surface area contributed by atoms with Crippen molar-refractivity contribution >= 4 is 5.97 Å². The molecule has 0 amide bonds. The predicted octanol–water partition coefficient (Wildman–Crippen LogP) is 0.589. The third kappa shape index (κ3) is 1.67. The second-order valence-corrected chi connectivity index (χ2v) is 1.79. The van der Waals surface area contributed by atoms with Crippen LogP contribution in [0.15, 0.2) is 12.1 Å². The minimum absolute atomic E-state index is 0.135. The Morgan fingerprint density at radius 2 is 2.55 bits per heavy atom. The van der Waals surface area contributed by atoms with Gasteiger partial charge < -0.3 is 9.84 Å². The molecule has 4 heteroatoms. The zero-order valence-electron chi connectivity index (χ0n) is 5.87. The Bertz CT molecular complexity index is 272. The third-order valence-electron chi connectivity index (χ3n) is 1.08. The number of hydrogen-bond acceptors (Lipinski definition) is 3. The van der Waals surface area contributed by atoms with Crippen molar-refractivity contribution in [3.63, 3.8) is 0 Å². The lowest BCUT2D eigenvalue weighted by atomic mass is 10.3. The number of nitrogens with zero attached hydrogens (tertiary/aromatic N) is 1. The van der Waals surface area contributed by atoms with Crippen LogP contribution in [-0.2, 0) is 0 Å². The molecule has 11 heavy (non-hydrogen) atoms. The number of aromatic carboxylic acids is 1. The molecule has 0 bridgehead atoms. The Labute approximate surface area is 63.5 Å². The lowest BCUT2D eigenvalue weighted by Gasteiger charge is -1.97. The largest absolute Gasteiger partial charge is 0.481 e. The first kappa shape index (κ1) is 7.53. The highest BCUT2D eigenvalue weighted by Gasteiger charge is 2.04. The van der Waals surface area contributed by atoms with Crippen molar-refractivity contribution in [3.8, 4) is 5.88 Å². The highest BCUT2D eigenvalue weighted by atomic mass is 16.5. The zero-order chi connectivity index (χ0) is 8.27. The van der Waals surface area contributed by atoms with Crippen LogP contribution in [-0.4, -0.2) is 23.2 Å². The van der Waals surface area contributed by atoms with Crippen LogP contribution in [0.25, 0.3) is 0 Å². The molecule has 0 fully saturated rings. The Hall–Kier alpha value is -1.58. The second-order valence-electron chi connectivity index (χ2n) is 1.79. The molecule has 0 aliphatic heterocycles. The van der Waals surface area contributed by atoms with E-state index in [1.54, 1.807) is 0 Å². The van der Waals surface area contributed by atoms with Crippen molar-refractivity contribution in [1.82, 2.24) is 4.98 Å². The van der Waals surface area contributed by atoms with Crippen LogP contribution in [0.4, 0.5) is 0 Å². The Morgan fingerprint density at radius 3 is 3.09 bits per heavy atom. The number of hydrogen-bond donors (Lipinski definition) is 1. The molecule has 0 aliphatic rings. The minimum Gasteiger partial charge on any atom is -0.481 e. The number of carboxylic acid groups (broad SMARTS) is 1. The average Bonchev–Trinajstić information content (AvgIpc) is 2.05. The van der Waals surface area contributed by atoms with Gasteiger partial charge in [-0.2, -0.15) is 0 Å². The average molecular weight is 152 g/mol. The Morgan fingerprint density at radius 1 is 1.82 bits per heavy atom. The normalized spacial score (nSPS) is 9.18. The number of rotatable bonds is 2. The monoisotopic (exact) mass is 152 g/mol. The van der Waals surface area contributed by atoms with Crippen LogP contribution in [0.1, 0.15) is 10.5 Å². The summed E-state index contributed by atoms with van der Waals surface area (Å²) in [4.78, 5) is 13.9. The van der Waals surface area contributed by atoms with Gasteiger partial charge in [-0.3, -0.25) is 0 Å². The van der Waals surface area contributed by atoms with Gasteiger partial charge in [0.25, 0.3) is 0 Å². The summed E-state index contributed by atoms with van der Waals surface area (Å²) in [7, 11) is 1.42. The van der Waals surface area contributed by atoms with E-state index >= 15 is 0 Å². The number of aromatic nitrogens is 1. The molecule has 0 saturated carbocycles. The van der Waals surface area contributed by atoms with Gasteiger partial charge in [-0.15, -0.1) is 0 Å². The molecule has 57 valence electrons. The molecule has 0 aliphatic carbocycles. The predicted molar refractivity (Wildman–Crippen MR) is 36.6 cm³/mol. The van der Waals surface area contributed by atoms with E-state index in [2.05, 4.69) is 11.1 Å². The first-order valence-electron chi connectivity index (χ1n) is 2.90. The van der Waals surface area contributed by atoms with Gasteiger partial charge in [-0.1, -0.05) is 0 Å². The molecule has 0 saturated heterocycles. The van der Waals surface area contributed by atoms with Crippen molar-refractivity contribution in [1.29, 1.82) is 0 Å². The summed E-state index contributed by atoms with van der Waals surface area (Å²) in [6, 6.07) is 5.44. The van der Waals surface area contributed by atoms with Gasteiger partial charge in [0.15, 0.2) is 5.69 Å². The SMILES string of the molecule is COc1cc[c]c(C(=O)O)n1. The van der Waals surface area contributed by atoms with Gasteiger partial charge in [0, 0.05) is 12.1 Å². The molecule has 0 atom stereocenters. The fraction of sp³-hybridized carbons (Fsp3) is 0.143. The molecule has 1 heterocycles. The van der Waals surface area contributed by atoms with Crippen LogP contribution in [0.2, 0.25) is 0 Å². The highest BCUT2D eigenvalue weighted by Crippen LogP contribution is 2.05. The fourth-order valence-corrected chi connectivity index (χ4v) is 0.595. The topological polar surface area (TPSA) is 59.4 Å². The second kappa shape index (κ2) is 3.01. The summed E-state index contributed by atoms with van der Waals surface area (Å²) in [5.74, 6) is -0.829. The van der Waals surface area contributed by atoms with Crippen molar-refractivity contribution < 1.29 is 14.6 Å². The van der Waals surface area contributed by atoms with Crippen LogP contribution in [0.5, 0.6) is 5.88 Å². The van der Waals surface area contributed by atoms with E-state index in [0.717, 1.165) is 0 Å². The Kier molecular flexibility index (Phi) is 2.06. The van der Waals surface area contributed by atoms with Gasteiger partial charge in [0.1, 0.15) is 0 Å². The molecule has 1 radical (unpaired) electrons. The highest BCUT2D eigenvalue weighted by molar-refractivity contribution is 5.85. The van der Waals surface area contributed by atoms with Gasteiger partial charge in [-0.25, -0.2) is 9.78 Å². The fourth-order valence-electron chi connectivity index (χ4n) is 0.595. The van der Waals surface area contributed by atoms with Gasteiger partial charge >= 0.3 is 5.97 Å². The number of pyridine rings is 1. The molecular weight excluding hydrogens is 146 g/mol. The van der Waals surface area contributed by atoms with Crippen LogP contribution >= 0.6 is 0 Å². The van der Waals surface area contributed by atoms with Crippen molar-refractivity contribution in [2.45, 2.75) is 0 Å². The standard InChI is InChI=1S/C7H6NO3/c1-11-6-4-2-3-5(8-6)7(9)10/h2,4H,1H3,(H,9,10).